The number of sulfonamides is 1. The molecule has 1 aliphatic rings. The highest BCUT2D eigenvalue weighted by atomic mass is 32.2. The lowest BCUT2D eigenvalue weighted by Crippen LogP contribution is -2.33. The van der Waals surface area contributed by atoms with Crippen LogP contribution >= 0.6 is 0 Å². The lowest BCUT2D eigenvalue weighted by Gasteiger charge is -2.25. The highest BCUT2D eigenvalue weighted by Crippen LogP contribution is 2.24. The Morgan fingerprint density at radius 3 is 2.70 bits per heavy atom. The average Bonchev–Trinajstić information content (AvgIpc) is 2.36. The first-order chi connectivity index (χ1) is 9.38. The zero-order chi connectivity index (χ0) is 14.8. The number of benzene rings is 1. The molecule has 1 aromatic rings. The highest BCUT2D eigenvalue weighted by molar-refractivity contribution is 7.89. The van der Waals surface area contributed by atoms with E-state index in [1.54, 1.807) is 0 Å². The van der Waals surface area contributed by atoms with E-state index in [1.807, 2.05) is 0 Å². The maximum Gasteiger partial charge on any atom is 0.243 e. The van der Waals surface area contributed by atoms with Gasteiger partial charge in [0.25, 0.3) is 0 Å². The van der Waals surface area contributed by atoms with E-state index < -0.39 is 32.7 Å². The van der Waals surface area contributed by atoms with Crippen LogP contribution in [-0.2, 0) is 10.0 Å². The van der Waals surface area contributed by atoms with Gasteiger partial charge in [-0.25, -0.2) is 21.9 Å². The van der Waals surface area contributed by atoms with Gasteiger partial charge in [-0.05, 0) is 37.3 Å². The van der Waals surface area contributed by atoms with Crippen LogP contribution in [0.5, 0.6) is 0 Å². The SMILES string of the molecule is O=S(=O)(NCC1CCCC(O)C1)c1ccc(F)cc1F. The number of aliphatic hydroxyl groups is 1. The van der Waals surface area contributed by atoms with E-state index in [-0.39, 0.29) is 12.5 Å². The maximum atomic E-state index is 13.5. The van der Waals surface area contributed by atoms with Gasteiger partial charge in [0.15, 0.2) is 0 Å². The Morgan fingerprint density at radius 2 is 2.05 bits per heavy atom. The molecule has 0 heterocycles. The van der Waals surface area contributed by atoms with E-state index >= 15 is 0 Å². The van der Waals surface area contributed by atoms with Gasteiger partial charge in [0.05, 0.1) is 6.10 Å². The first kappa shape index (κ1) is 15.3. The molecule has 1 aromatic carbocycles. The van der Waals surface area contributed by atoms with Crippen molar-refractivity contribution in [2.45, 2.75) is 36.7 Å². The second-order valence-electron chi connectivity index (χ2n) is 5.11. The van der Waals surface area contributed by atoms with Gasteiger partial charge in [-0.3, -0.25) is 0 Å². The summed E-state index contributed by atoms with van der Waals surface area (Å²) in [6.45, 7) is 0.149. The molecule has 2 unspecified atom stereocenters. The topological polar surface area (TPSA) is 66.4 Å². The number of nitrogens with one attached hydrogen (secondary N) is 1. The Kier molecular flexibility index (Phi) is 4.72. The molecule has 7 heteroatoms. The van der Waals surface area contributed by atoms with Crippen molar-refractivity contribution in [2.24, 2.45) is 5.92 Å². The lowest BCUT2D eigenvalue weighted by molar-refractivity contribution is 0.102. The van der Waals surface area contributed by atoms with Crippen LogP contribution < -0.4 is 4.72 Å². The Balaban J connectivity index is 2.03. The van der Waals surface area contributed by atoms with Gasteiger partial charge in [0, 0.05) is 12.6 Å². The van der Waals surface area contributed by atoms with Crippen LogP contribution in [0, 0.1) is 17.6 Å². The van der Waals surface area contributed by atoms with E-state index in [2.05, 4.69) is 4.72 Å². The summed E-state index contributed by atoms with van der Waals surface area (Å²) in [5.41, 5.74) is 0. The number of halogens is 2. The van der Waals surface area contributed by atoms with E-state index in [1.165, 1.54) is 0 Å². The molecule has 1 fully saturated rings. The van der Waals surface area contributed by atoms with Crippen LogP contribution in [0.2, 0.25) is 0 Å². The molecule has 0 amide bonds. The van der Waals surface area contributed by atoms with E-state index in [4.69, 9.17) is 0 Å². The van der Waals surface area contributed by atoms with Gasteiger partial charge in [-0.15, -0.1) is 0 Å². The quantitative estimate of drug-likeness (QED) is 0.891. The molecule has 112 valence electrons. The third kappa shape index (κ3) is 3.74. The number of aliphatic hydroxyl groups excluding tert-OH is 1. The predicted molar refractivity (Wildman–Crippen MR) is 69.5 cm³/mol. The maximum absolute atomic E-state index is 13.5. The largest absolute Gasteiger partial charge is 0.393 e. The summed E-state index contributed by atoms with van der Waals surface area (Å²) in [6, 6.07) is 2.35. The predicted octanol–water partition coefficient (Wildman–Crippen LogP) is 1.79. The zero-order valence-corrected chi connectivity index (χ0v) is 11.7. The average molecular weight is 305 g/mol. The minimum Gasteiger partial charge on any atom is -0.393 e. The van der Waals surface area contributed by atoms with Crippen LogP contribution in [-0.4, -0.2) is 26.2 Å². The molecule has 0 radical (unpaired) electrons. The molecule has 0 saturated heterocycles. The third-order valence-corrected chi connectivity index (χ3v) is 4.96. The molecule has 1 aliphatic carbocycles. The van der Waals surface area contributed by atoms with Gasteiger partial charge < -0.3 is 5.11 Å². The Hall–Kier alpha value is -1.05. The fourth-order valence-electron chi connectivity index (χ4n) is 2.45. The van der Waals surface area contributed by atoms with Crippen molar-refractivity contribution in [3.05, 3.63) is 29.8 Å². The van der Waals surface area contributed by atoms with Crippen LogP contribution in [0.1, 0.15) is 25.7 Å². The van der Waals surface area contributed by atoms with Crippen molar-refractivity contribution in [3.63, 3.8) is 0 Å². The summed E-state index contributed by atoms with van der Waals surface area (Å²) >= 11 is 0. The monoisotopic (exact) mass is 305 g/mol. The fourth-order valence-corrected chi connectivity index (χ4v) is 3.62. The summed E-state index contributed by atoms with van der Waals surface area (Å²) in [6.07, 6.45) is 2.54. The van der Waals surface area contributed by atoms with Crippen molar-refractivity contribution in [1.82, 2.24) is 4.72 Å². The van der Waals surface area contributed by atoms with Crippen LogP contribution in [0.3, 0.4) is 0 Å². The molecular formula is C13H17F2NO3S. The Labute approximate surface area is 116 Å². The van der Waals surface area contributed by atoms with E-state index in [0.717, 1.165) is 31.4 Å². The van der Waals surface area contributed by atoms with Crippen molar-refractivity contribution in [3.8, 4) is 0 Å². The summed E-state index contributed by atoms with van der Waals surface area (Å²) in [5.74, 6) is -1.89. The van der Waals surface area contributed by atoms with Crippen LogP contribution in [0.25, 0.3) is 0 Å². The number of rotatable bonds is 4. The van der Waals surface area contributed by atoms with Crippen molar-refractivity contribution >= 4 is 10.0 Å². The van der Waals surface area contributed by atoms with Crippen molar-refractivity contribution in [2.75, 3.05) is 6.54 Å². The zero-order valence-electron chi connectivity index (χ0n) is 10.9. The number of hydrogen-bond acceptors (Lipinski definition) is 3. The van der Waals surface area contributed by atoms with Gasteiger partial charge in [-0.1, -0.05) is 6.42 Å². The third-order valence-electron chi connectivity index (χ3n) is 3.50. The molecule has 1 saturated carbocycles. The number of hydrogen-bond donors (Lipinski definition) is 2. The molecule has 2 N–H and O–H groups in total. The molecular weight excluding hydrogens is 288 g/mol. The van der Waals surface area contributed by atoms with Gasteiger partial charge in [0.2, 0.25) is 10.0 Å². The standard InChI is InChI=1S/C13H17F2NO3S/c14-10-4-5-13(12(15)7-10)20(18,19)16-8-9-2-1-3-11(17)6-9/h4-5,7,9,11,16-17H,1-3,6,8H2. The fraction of sp³-hybridized carbons (Fsp3) is 0.538. The molecule has 2 atom stereocenters. The van der Waals surface area contributed by atoms with Gasteiger partial charge in [-0.2, -0.15) is 0 Å². The highest BCUT2D eigenvalue weighted by Gasteiger charge is 2.24. The molecule has 0 aromatic heterocycles. The second kappa shape index (κ2) is 6.15. The second-order valence-corrected chi connectivity index (χ2v) is 6.85. The van der Waals surface area contributed by atoms with Crippen LogP contribution in [0.4, 0.5) is 8.78 Å². The summed E-state index contributed by atoms with van der Waals surface area (Å²) in [7, 11) is -4.00. The van der Waals surface area contributed by atoms with Gasteiger partial charge >= 0.3 is 0 Å². The summed E-state index contributed by atoms with van der Waals surface area (Å²) < 4.78 is 52.5. The van der Waals surface area contributed by atoms with Crippen molar-refractivity contribution in [1.29, 1.82) is 0 Å². The first-order valence-electron chi connectivity index (χ1n) is 6.51. The van der Waals surface area contributed by atoms with Crippen LogP contribution in [0.15, 0.2) is 23.1 Å². The molecule has 20 heavy (non-hydrogen) atoms. The lowest BCUT2D eigenvalue weighted by atomic mass is 9.87. The van der Waals surface area contributed by atoms with Gasteiger partial charge in [0.1, 0.15) is 16.5 Å². The minimum atomic E-state index is -4.00. The Bertz CT molecular complexity index is 577. The molecule has 2 rings (SSSR count). The molecule has 0 spiro atoms. The smallest absolute Gasteiger partial charge is 0.243 e. The minimum absolute atomic E-state index is 0.0389. The summed E-state index contributed by atoms with van der Waals surface area (Å²) in [5, 5.41) is 9.52. The Morgan fingerprint density at radius 1 is 1.30 bits per heavy atom. The molecule has 4 nitrogen and oxygen atoms in total. The molecule has 0 bridgehead atoms. The van der Waals surface area contributed by atoms with Crippen molar-refractivity contribution < 1.29 is 22.3 Å². The van der Waals surface area contributed by atoms with E-state index in [0.29, 0.717) is 12.5 Å². The summed E-state index contributed by atoms with van der Waals surface area (Å²) in [4.78, 5) is -0.560. The van der Waals surface area contributed by atoms with E-state index in [9.17, 15) is 22.3 Å². The molecule has 0 aliphatic heterocycles. The first-order valence-corrected chi connectivity index (χ1v) is 7.99. The normalized spacial score (nSPS) is 23.8.